The maximum absolute atomic E-state index is 13.1. The van der Waals surface area contributed by atoms with E-state index >= 15 is 0 Å². The van der Waals surface area contributed by atoms with Gasteiger partial charge < -0.3 is 9.47 Å². The Labute approximate surface area is 161 Å². The number of aromatic nitrogens is 4. The number of anilines is 1. The lowest BCUT2D eigenvalue weighted by atomic mass is 10.1. The number of carbonyl (C=O) groups is 1. The Morgan fingerprint density at radius 3 is 2.57 bits per heavy atom. The summed E-state index contributed by atoms with van der Waals surface area (Å²) in [6.07, 6.45) is 0. The molecule has 1 aliphatic rings. The molecule has 0 spiro atoms. The summed E-state index contributed by atoms with van der Waals surface area (Å²) < 4.78 is 4.25. The van der Waals surface area contributed by atoms with Gasteiger partial charge in [-0.1, -0.05) is 37.3 Å². The lowest BCUT2D eigenvalue weighted by molar-refractivity contribution is -0.117. The first-order valence-corrected chi connectivity index (χ1v) is 9.35. The zero-order chi connectivity index (χ0) is 20.0. The Morgan fingerprint density at radius 2 is 1.89 bits per heavy atom. The van der Waals surface area contributed by atoms with E-state index in [4.69, 9.17) is 0 Å². The third-order valence-electron chi connectivity index (χ3n) is 5.12. The summed E-state index contributed by atoms with van der Waals surface area (Å²) in [5, 5.41) is 0. The standard InChI is InChI=1S/C20H23N5O3/c1-13-9-23(12-15-7-5-4-6-8-15)19-21-17-16(24(19)10-13)18(27)25(11-14(2)26)20(28)22(17)3/h4-8,13H,9-12H2,1-3H3/t13-/m1/s1. The monoisotopic (exact) mass is 381 g/mol. The van der Waals surface area contributed by atoms with E-state index in [-0.39, 0.29) is 12.3 Å². The molecule has 0 bridgehead atoms. The van der Waals surface area contributed by atoms with Crippen LogP contribution in [0.4, 0.5) is 5.95 Å². The number of nitrogens with zero attached hydrogens (tertiary/aromatic N) is 5. The predicted molar refractivity (Wildman–Crippen MR) is 107 cm³/mol. The van der Waals surface area contributed by atoms with Crippen LogP contribution in [-0.2, 0) is 31.5 Å². The fourth-order valence-corrected chi connectivity index (χ4v) is 3.90. The molecule has 4 rings (SSSR count). The molecule has 3 heterocycles. The molecule has 0 amide bonds. The Bertz CT molecular complexity index is 1170. The van der Waals surface area contributed by atoms with E-state index in [1.165, 1.54) is 11.5 Å². The van der Waals surface area contributed by atoms with Crippen molar-refractivity contribution in [3.8, 4) is 0 Å². The summed E-state index contributed by atoms with van der Waals surface area (Å²) in [6, 6.07) is 10.1. The van der Waals surface area contributed by atoms with Crippen molar-refractivity contribution in [1.82, 2.24) is 18.7 Å². The first-order valence-electron chi connectivity index (χ1n) is 9.35. The topological polar surface area (TPSA) is 82.1 Å². The van der Waals surface area contributed by atoms with Gasteiger partial charge >= 0.3 is 5.69 Å². The molecule has 0 radical (unpaired) electrons. The molecule has 0 unspecified atom stereocenters. The molecule has 0 aliphatic carbocycles. The van der Waals surface area contributed by atoms with E-state index in [1.54, 1.807) is 7.05 Å². The van der Waals surface area contributed by atoms with Crippen molar-refractivity contribution >= 4 is 22.9 Å². The minimum absolute atomic E-state index is 0.231. The van der Waals surface area contributed by atoms with Gasteiger partial charge in [-0.3, -0.25) is 18.7 Å². The highest BCUT2D eigenvalue weighted by Gasteiger charge is 2.29. The molecule has 28 heavy (non-hydrogen) atoms. The fraction of sp³-hybridized carbons (Fsp3) is 0.400. The minimum Gasteiger partial charge on any atom is -0.338 e. The van der Waals surface area contributed by atoms with Crippen molar-refractivity contribution in [2.24, 2.45) is 13.0 Å². The second-order valence-corrected chi connectivity index (χ2v) is 7.60. The molecular weight excluding hydrogens is 358 g/mol. The molecule has 0 N–H and O–H groups in total. The zero-order valence-electron chi connectivity index (χ0n) is 16.3. The summed E-state index contributed by atoms with van der Waals surface area (Å²) in [6.45, 7) is 5.39. The summed E-state index contributed by atoms with van der Waals surface area (Å²) in [7, 11) is 1.59. The van der Waals surface area contributed by atoms with Crippen LogP contribution in [0.5, 0.6) is 0 Å². The van der Waals surface area contributed by atoms with Gasteiger partial charge in [0.2, 0.25) is 5.95 Å². The molecule has 0 saturated carbocycles. The minimum atomic E-state index is -0.522. The highest BCUT2D eigenvalue weighted by Crippen LogP contribution is 2.28. The summed E-state index contributed by atoms with van der Waals surface area (Å²) in [4.78, 5) is 44.0. The third-order valence-corrected chi connectivity index (χ3v) is 5.12. The van der Waals surface area contributed by atoms with Crippen LogP contribution < -0.4 is 16.1 Å². The molecule has 1 aromatic carbocycles. The molecule has 2 aromatic heterocycles. The zero-order valence-corrected chi connectivity index (χ0v) is 16.3. The van der Waals surface area contributed by atoms with Gasteiger partial charge in [-0.05, 0) is 18.4 Å². The number of rotatable bonds is 4. The van der Waals surface area contributed by atoms with Crippen LogP contribution in [0.3, 0.4) is 0 Å². The molecular formula is C20H23N5O3. The van der Waals surface area contributed by atoms with E-state index in [0.29, 0.717) is 36.1 Å². The maximum atomic E-state index is 13.1. The maximum Gasteiger partial charge on any atom is 0.332 e. The number of hydrogen-bond acceptors (Lipinski definition) is 5. The van der Waals surface area contributed by atoms with Crippen LogP contribution in [0.25, 0.3) is 11.2 Å². The molecule has 1 atom stereocenters. The second-order valence-electron chi connectivity index (χ2n) is 7.60. The number of aryl methyl sites for hydroxylation is 1. The molecule has 1 aliphatic heterocycles. The van der Waals surface area contributed by atoms with Crippen molar-refractivity contribution < 1.29 is 4.79 Å². The van der Waals surface area contributed by atoms with Gasteiger partial charge in [-0.2, -0.15) is 4.98 Å². The van der Waals surface area contributed by atoms with Gasteiger partial charge in [0.15, 0.2) is 11.2 Å². The van der Waals surface area contributed by atoms with Gasteiger partial charge in [0.05, 0.1) is 6.54 Å². The number of ketones is 1. The SMILES string of the molecule is CC(=O)Cn1c(=O)c2c(nc3n2C[C@H](C)CN3Cc2ccccc2)n(C)c1=O. The first kappa shape index (κ1) is 18.2. The van der Waals surface area contributed by atoms with E-state index in [2.05, 4.69) is 28.9 Å². The van der Waals surface area contributed by atoms with Gasteiger partial charge in [-0.15, -0.1) is 0 Å². The lowest BCUT2D eigenvalue weighted by Crippen LogP contribution is -2.42. The Morgan fingerprint density at radius 1 is 1.18 bits per heavy atom. The van der Waals surface area contributed by atoms with Crippen molar-refractivity contribution in [1.29, 1.82) is 0 Å². The van der Waals surface area contributed by atoms with Crippen LogP contribution in [0, 0.1) is 5.92 Å². The van der Waals surface area contributed by atoms with Gasteiger partial charge in [0.25, 0.3) is 5.56 Å². The van der Waals surface area contributed by atoms with Crippen molar-refractivity contribution in [2.45, 2.75) is 33.5 Å². The fourth-order valence-electron chi connectivity index (χ4n) is 3.90. The molecule has 0 saturated heterocycles. The van der Waals surface area contributed by atoms with E-state index in [9.17, 15) is 14.4 Å². The number of carbonyl (C=O) groups excluding carboxylic acids is 1. The van der Waals surface area contributed by atoms with Crippen molar-refractivity contribution in [3.63, 3.8) is 0 Å². The quantitative estimate of drug-likeness (QED) is 0.677. The summed E-state index contributed by atoms with van der Waals surface area (Å²) >= 11 is 0. The average Bonchev–Trinajstić information content (AvgIpc) is 3.04. The Balaban J connectivity index is 1.92. The average molecular weight is 381 g/mol. The summed E-state index contributed by atoms with van der Waals surface area (Å²) in [5.74, 6) is 0.757. The number of fused-ring (bicyclic) bond motifs is 3. The largest absolute Gasteiger partial charge is 0.338 e. The molecule has 0 fully saturated rings. The Hall–Kier alpha value is -3.16. The van der Waals surface area contributed by atoms with E-state index in [1.807, 2.05) is 22.8 Å². The van der Waals surface area contributed by atoms with Crippen molar-refractivity contribution in [2.75, 3.05) is 11.4 Å². The number of Topliss-reactive ketones (excluding diaryl/α,β-unsaturated/α-hetero) is 1. The normalized spacial score (nSPS) is 16.4. The van der Waals surface area contributed by atoms with Crippen LogP contribution >= 0.6 is 0 Å². The summed E-state index contributed by atoms with van der Waals surface area (Å²) in [5.41, 5.74) is 0.907. The van der Waals surface area contributed by atoms with Crippen LogP contribution in [0.1, 0.15) is 19.4 Å². The lowest BCUT2D eigenvalue weighted by Gasteiger charge is -2.33. The van der Waals surface area contributed by atoms with Crippen molar-refractivity contribution in [3.05, 3.63) is 56.7 Å². The number of benzene rings is 1. The molecule has 3 aromatic rings. The van der Waals surface area contributed by atoms with Gasteiger partial charge in [0, 0.05) is 26.7 Å². The molecule has 8 nitrogen and oxygen atoms in total. The van der Waals surface area contributed by atoms with Crippen LogP contribution in [-0.4, -0.2) is 31.0 Å². The van der Waals surface area contributed by atoms with Crippen LogP contribution in [0.15, 0.2) is 39.9 Å². The van der Waals surface area contributed by atoms with E-state index in [0.717, 1.165) is 16.7 Å². The highest BCUT2D eigenvalue weighted by atomic mass is 16.2. The number of hydrogen-bond donors (Lipinski definition) is 0. The van der Waals surface area contributed by atoms with Gasteiger partial charge in [0.1, 0.15) is 5.78 Å². The predicted octanol–water partition coefficient (Wildman–Crippen LogP) is 1.14. The highest BCUT2D eigenvalue weighted by molar-refractivity contribution is 5.77. The smallest absolute Gasteiger partial charge is 0.332 e. The van der Waals surface area contributed by atoms with Crippen LogP contribution in [0.2, 0.25) is 0 Å². The molecule has 146 valence electrons. The number of imidazole rings is 1. The third kappa shape index (κ3) is 2.94. The Kier molecular flexibility index (Phi) is 4.41. The first-order chi connectivity index (χ1) is 13.4. The van der Waals surface area contributed by atoms with Gasteiger partial charge in [-0.25, -0.2) is 4.79 Å². The molecule has 8 heteroatoms. The van der Waals surface area contributed by atoms with E-state index < -0.39 is 11.2 Å². The second kappa shape index (κ2) is 6.78.